The Balaban J connectivity index is 0.00000144. The fourth-order valence-electron chi connectivity index (χ4n) is 1.67. The zero-order chi connectivity index (χ0) is 11.8. The van der Waals surface area contributed by atoms with Crippen molar-refractivity contribution in [3.8, 4) is 0 Å². The van der Waals surface area contributed by atoms with E-state index in [1.165, 1.54) is 17.1 Å². The van der Waals surface area contributed by atoms with Crippen molar-refractivity contribution in [2.75, 3.05) is 6.54 Å². The average Bonchev–Trinajstić information content (AvgIpc) is 2.60. The second-order valence-electron chi connectivity index (χ2n) is 4.39. The third-order valence-corrected chi connectivity index (χ3v) is 4.31. The number of nitrogens with two attached hydrogens (primary N) is 1. The smallest absolute Gasteiger partial charge is 0.243 e. The molecule has 17 heavy (non-hydrogen) atoms. The molecule has 1 aliphatic rings. The van der Waals surface area contributed by atoms with Crippen molar-refractivity contribution in [3.05, 3.63) is 12.4 Å². The lowest BCUT2D eigenvalue weighted by Gasteiger charge is -2.37. The first-order valence-corrected chi connectivity index (χ1v) is 6.67. The number of hydrogen-bond acceptors (Lipinski definition) is 4. The first kappa shape index (κ1) is 14.4. The highest BCUT2D eigenvalue weighted by atomic mass is 35.5. The van der Waals surface area contributed by atoms with Crippen molar-refractivity contribution in [1.82, 2.24) is 14.5 Å². The Kier molecular flexibility index (Phi) is 4.19. The summed E-state index contributed by atoms with van der Waals surface area (Å²) < 4.78 is 27.6. The van der Waals surface area contributed by atoms with Gasteiger partial charge in [-0.1, -0.05) is 0 Å². The molecule has 1 fully saturated rings. The Labute approximate surface area is 107 Å². The minimum absolute atomic E-state index is 0. The Hall–Kier alpha value is -0.630. The number of nitrogens with one attached hydrogen (secondary N) is 1. The number of halogens is 1. The molecule has 0 aromatic carbocycles. The molecule has 0 saturated heterocycles. The predicted molar refractivity (Wildman–Crippen MR) is 66.4 cm³/mol. The van der Waals surface area contributed by atoms with Crippen LogP contribution >= 0.6 is 12.4 Å². The third kappa shape index (κ3) is 3.19. The van der Waals surface area contributed by atoms with Crippen LogP contribution in [-0.2, 0) is 17.1 Å². The second kappa shape index (κ2) is 4.93. The maximum atomic E-state index is 11.8. The molecule has 1 aromatic rings. The van der Waals surface area contributed by atoms with Crippen LogP contribution in [0, 0.1) is 0 Å². The topological polar surface area (TPSA) is 90.0 Å². The van der Waals surface area contributed by atoms with Gasteiger partial charge in [-0.3, -0.25) is 4.68 Å². The number of hydrogen-bond donors (Lipinski definition) is 2. The van der Waals surface area contributed by atoms with E-state index >= 15 is 0 Å². The van der Waals surface area contributed by atoms with E-state index in [1.54, 1.807) is 7.05 Å². The van der Waals surface area contributed by atoms with E-state index in [0.717, 1.165) is 19.3 Å². The van der Waals surface area contributed by atoms with Gasteiger partial charge >= 0.3 is 0 Å². The molecule has 8 heteroatoms. The molecule has 98 valence electrons. The summed E-state index contributed by atoms with van der Waals surface area (Å²) in [4.78, 5) is 0.179. The van der Waals surface area contributed by atoms with Crippen molar-refractivity contribution in [1.29, 1.82) is 0 Å². The Bertz CT molecular complexity index is 481. The molecular weight excluding hydrogens is 264 g/mol. The summed E-state index contributed by atoms with van der Waals surface area (Å²) in [7, 11) is -1.79. The summed E-state index contributed by atoms with van der Waals surface area (Å²) in [5.41, 5.74) is 5.59. The normalized spacial score (nSPS) is 18.2. The van der Waals surface area contributed by atoms with Crippen molar-refractivity contribution < 1.29 is 8.42 Å². The van der Waals surface area contributed by atoms with Crippen LogP contribution in [0.1, 0.15) is 19.3 Å². The molecule has 1 aliphatic carbocycles. The predicted octanol–water partition coefficient (Wildman–Crippen LogP) is 0.00160. The minimum Gasteiger partial charge on any atom is -0.324 e. The molecule has 0 aliphatic heterocycles. The van der Waals surface area contributed by atoms with Gasteiger partial charge in [-0.15, -0.1) is 12.4 Å². The summed E-state index contributed by atoms with van der Waals surface area (Å²) in [6.07, 6.45) is 5.62. The van der Waals surface area contributed by atoms with Gasteiger partial charge in [0.1, 0.15) is 4.90 Å². The fraction of sp³-hybridized carbons (Fsp3) is 0.667. The Morgan fingerprint density at radius 2 is 2.24 bits per heavy atom. The van der Waals surface area contributed by atoms with Gasteiger partial charge in [0.05, 0.1) is 6.20 Å². The summed E-state index contributed by atoms with van der Waals surface area (Å²) in [5, 5.41) is 3.83. The van der Waals surface area contributed by atoms with Gasteiger partial charge in [0, 0.05) is 25.3 Å². The van der Waals surface area contributed by atoms with Crippen molar-refractivity contribution in [2.45, 2.75) is 29.7 Å². The van der Waals surface area contributed by atoms with Crippen LogP contribution in [0.15, 0.2) is 17.3 Å². The molecule has 2 rings (SSSR count). The fourth-order valence-corrected chi connectivity index (χ4v) is 2.79. The maximum Gasteiger partial charge on any atom is 0.243 e. The van der Waals surface area contributed by atoms with Crippen LogP contribution in [0.5, 0.6) is 0 Å². The van der Waals surface area contributed by atoms with Gasteiger partial charge in [-0.05, 0) is 19.3 Å². The van der Waals surface area contributed by atoms with Crippen LogP contribution in [-0.4, -0.2) is 30.3 Å². The van der Waals surface area contributed by atoms with Crippen LogP contribution in [0.3, 0.4) is 0 Å². The number of nitrogens with zero attached hydrogens (tertiary/aromatic N) is 2. The number of sulfonamides is 1. The van der Waals surface area contributed by atoms with E-state index in [-0.39, 0.29) is 22.8 Å². The molecule has 0 amide bonds. The average molecular weight is 281 g/mol. The SMILES string of the molecule is Cl.Cn1cc(S(=O)(=O)NCC2(N)CCC2)cn1. The molecule has 0 spiro atoms. The van der Waals surface area contributed by atoms with Gasteiger partial charge in [-0.25, -0.2) is 13.1 Å². The first-order chi connectivity index (χ1) is 7.41. The van der Waals surface area contributed by atoms with E-state index < -0.39 is 10.0 Å². The summed E-state index contributed by atoms with van der Waals surface area (Å²) in [6, 6.07) is 0. The second-order valence-corrected chi connectivity index (χ2v) is 6.16. The molecule has 0 unspecified atom stereocenters. The van der Waals surface area contributed by atoms with Gasteiger partial charge in [0.25, 0.3) is 0 Å². The van der Waals surface area contributed by atoms with Gasteiger partial charge in [0.2, 0.25) is 10.0 Å². The van der Waals surface area contributed by atoms with E-state index in [9.17, 15) is 8.42 Å². The highest BCUT2D eigenvalue weighted by Crippen LogP contribution is 2.28. The van der Waals surface area contributed by atoms with Crippen LogP contribution in [0.2, 0.25) is 0 Å². The van der Waals surface area contributed by atoms with Gasteiger partial charge in [0.15, 0.2) is 0 Å². The third-order valence-electron chi connectivity index (χ3n) is 2.96. The molecule has 1 aromatic heterocycles. The Morgan fingerprint density at radius 1 is 1.59 bits per heavy atom. The summed E-state index contributed by atoms with van der Waals surface area (Å²) in [5.74, 6) is 0. The molecule has 6 nitrogen and oxygen atoms in total. The number of aryl methyl sites for hydroxylation is 1. The van der Waals surface area contributed by atoms with E-state index in [1.807, 2.05) is 0 Å². The molecule has 0 atom stereocenters. The van der Waals surface area contributed by atoms with Crippen LogP contribution in [0.25, 0.3) is 0 Å². The molecule has 1 saturated carbocycles. The zero-order valence-corrected chi connectivity index (χ0v) is 11.2. The van der Waals surface area contributed by atoms with Gasteiger partial charge < -0.3 is 5.73 Å². The monoisotopic (exact) mass is 280 g/mol. The maximum absolute atomic E-state index is 11.8. The van der Waals surface area contributed by atoms with E-state index in [0.29, 0.717) is 6.54 Å². The van der Waals surface area contributed by atoms with Crippen LogP contribution in [0.4, 0.5) is 0 Å². The van der Waals surface area contributed by atoms with E-state index in [2.05, 4.69) is 9.82 Å². The molecular formula is C9H17ClN4O2S. The minimum atomic E-state index is -3.46. The highest BCUT2D eigenvalue weighted by molar-refractivity contribution is 7.89. The molecule has 0 bridgehead atoms. The highest BCUT2D eigenvalue weighted by Gasteiger charge is 2.33. The molecule has 3 N–H and O–H groups in total. The lowest BCUT2D eigenvalue weighted by atomic mass is 9.78. The largest absolute Gasteiger partial charge is 0.324 e. The van der Waals surface area contributed by atoms with Crippen LogP contribution < -0.4 is 10.5 Å². The van der Waals surface area contributed by atoms with E-state index in [4.69, 9.17) is 5.73 Å². The first-order valence-electron chi connectivity index (χ1n) is 5.19. The Morgan fingerprint density at radius 3 is 2.65 bits per heavy atom. The standard InChI is InChI=1S/C9H16N4O2S.ClH/c1-13-6-8(5-11-13)16(14,15)12-7-9(10)3-2-4-9;/h5-6,12H,2-4,7,10H2,1H3;1H. The van der Waals surface area contributed by atoms with Gasteiger partial charge in [-0.2, -0.15) is 5.10 Å². The number of aromatic nitrogens is 2. The molecule has 0 radical (unpaired) electrons. The number of rotatable bonds is 4. The lowest BCUT2D eigenvalue weighted by molar-refractivity contribution is 0.251. The summed E-state index contributed by atoms with van der Waals surface area (Å²) in [6.45, 7) is 0.296. The van der Waals surface area contributed by atoms with Crippen molar-refractivity contribution in [2.24, 2.45) is 12.8 Å². The quantitative estimate of drug-likeness (QED) is 0.812. The summed E-state index contributed by atoms with van der Waals surface area (Å²) >= 11 is 0. The zero-order valence-electron chi connectivity index (χ0n) is 9.59. The van der Waals surface area contributed by atoms with Crippen molar-refractivity contribution >= 4 is 22.4 Å². The van der Waals surface area contributed by atoms with Crippen molar-refractivity contribution in [3.63, 3.8) is 0 Å². The lowest BCUT2D eigenvalue weighted by Crippen LogP contribution is -2.54. The molecule has 1 heterocycles.